The van der Waals surface area contributed by atoms with Crippen molar-refractivity contribution in [3.8, 4) is 0 Å². The van der Waals surface area contributed by atoms with Crippen molar-refractivity contribution >= 4 is 73.8 Å². The lowest BCUT2D eigenvalue weighted by Gasteiger charge is -2.14. The summed E-state index contributed by atoms with van der Waals surface area (Å²) in [4.78, 5) is 36.6. The predicted octanol–water partition coefficient (Wildman–Crippen LogP) is 5.90. The molecule has 0 N–H and O–H groups in total. The summed E-state index contributed by atoms with van der Waals surface area (Å²) in [7, 11) is 0. The molecule has 1 saturated heterocycles. The van der Waals surface area contributed by atoms with Crippen LogP contribution < -0.4 is 0 Å². The first kappa shape index (κ1) is 19.9. The number of nitro groups is 1. The average Bonchev–Trinajstić information content (AvgIpc) is 2.86. The Morgan fingerprint density at radius 2 is 1.85 bits per heavy atom. The molecular formula is C17H9BrCl2N2O4S. The van der Waals surface area contributed by atoms with Crippen molar-refractivity contribution < 1.29 is 14.5 Å². The number of thioether (sulfide) groups is 1. The van der Waals surface area contributed by atoms with E-state index in [-0.39, 0.29) is 17.1 Å². The third-order valence-corrected chi connectivity index (χ3v) is 6.00. The second kappa shape index (κ2) is 8.02. The van der Waals surface area contributed by atoms with Crippen LogP contribution in [0, 0.1) is 10.1 Å². The summed E-state index contributed by atoms with van der Waals surface area (Å²) in [5, 5.41) is 11.3. The van der Waals surface area contributed by atoms with E-state index < -0.39 is 16.1 Å². The highest BCUT2D eigenvalue weighted by molar-refractivity contribution is 9.10. The van der Waals surface area contributed by atoms with Crippen molar-refractivity contribution in [2.75, 3.05) is 0 Å². The van der Waals surface area contributed by atoms with Crippen LogP contribution in [0.2, 0.25) is 10.0 Å². The van der Waals surface area contributed by atoms with Gasteiger partial charge in [0.15, 0.2) is 0 Å². The molecule has 6 nitrogen and oxygen atoms in total. The van der Waals surface area contributed by atoms with Crippen LogP contribution in [0.1, 0.15) is 11.1 Å². The third kappa shape index (κ3) is 4.19. The number of amides is 2. The highest BCUT2D eigenvalue weighted by Crippen LogP contribution is 2.36. The monoisotopic (exact) mass is 486 g/mol. The van der Waals surface area contributed by atoms with Crippen LogP contribution in [0.15, 0.2) is 45.8 Å². The minimum atomic E-state index is -0.535. The number of carbonyl (C=O) groups is 2. The number of hydrogen-bond donors (Lipinski definition) is 0. The fourth-order valence-electron chi connectivity index (χ4n) is 2.39. The molecule has 2 amide bonds. The molecule has 1 fully saturated rings. The van der Waals surface area contributed by atoms with Crippen molar-refractivity contribution in [3.63, 3.8) is 0 Å². The van der Waals surface area contributed by atoms with Gasteiger partial charge in [-0.1, -0.05) is 35.3 Å². The summed E-state index contributed by atoms with van der Waals surface area (Å²) in [5.74, 6) is -0.508. The molecule has 0 aliphatic carbocycles. The first-order valence-corrected chi connectivity index (χ1v) is 9.76. The zero-order valence-corrected chi connectivity index (χ0v) is 17.2. The molecule has 2 aromatic rings. The summed E-state index contributed by atoms with van der Waals surface area (Å²) in [5.41, 5.74) is 0.778. The van der Waals surface area contributed by atoms with Gasteiger partial charge < -0.3 is 0 Å². The van der Waals surface area contributed by atoms with E-state index in [2.05, 4.69) is 15.9 Å². The number of benzene rings is 2. The number of hydrogen-bond acceptors (Lipinski definition) is 5. The van der Waals surface area contributed by atoms with Crippen molar-refractivity contribution in [2.45, 2.75) is 6.54 Å². The highest BCUT2D eigenvalue weighted by Gasteiger charge is 2.35. The smallest absolute Gasteiger partial charge is 0.268 e. The zero-order valence-electron chi connectivity index (χ0n) is 13.3. The molecule has 0 radical (unpaired) electrons. The number of nitrogens with zero attached hydrogens (tertiary/aromatic N) is 2. The predicted molar refractivity (Wildman–Crippen MR) is 109 cm³/mol. The number of imide groups is 1. The first-order chi connectivity index (χ1) is 12.8. The molecule has 1 aliphatic rings. The van der Waals surface area contributed by atoms with Crippen LogP contribution in [0.3, 0.4) is 0 Å². The Bertz CT molecular complexity index is 992. The number of carbonyl (C=O) groups excluding carboxylic acids is 2. The maximum atomic E-state index is 12.6. The molecule has 0 atom stereocenters. The highest BCUT2D eigenvalue weighted by atomic mass is 79.9. The van der Waals surface area contributed by atoms with E-state index in [1.165, 1.54) is 18.2 Å². The van der Waals surface area contributed by atoms with Gasteiger partial charge in [-0.25, -0.2) is 0 Å². The fourth-order valence-corrected chi connectivity index (χ4v) is 4.14. The minimum Gasteiger partial charge on any atom is -0.268 e. The molecule has 1 aliphatic heterocycles. The van der Waals surface area contributed by atoms with Gasteiger partial charge in [0.05, 0.1) is 20.8 Å². The summed E-state index contributed by atoms with van der Waals surface area (Å²) >= 11 is 16.1. The van der Waals surface area contributed by atoms with Crippen molar-refractivity contribution in [1.29, 1.82) is 0 Å². The van der Waals surface area contributed by atoms with E-state index in [1.54, 1.807) is 24.3 Å². The lowest BCUT2D eigenvalue weighted by molar-refractivity contribution is -0.385. The van der Waals surface area contributed by atoms with E-state index in [0.29, 0.717) is 25.6 Å². The van der Waals surface area contributed by atoms with E-state index >= 15 is 0 Å². The van der Waals surface area contributed by atoms with E-state index in [9.17, 15) is 19.7 Å². The Hall–Kier alpha value is -1.87. The van der Waals surface area contributed by atoms with E-state index in [4.69, 9.17) is 23.2 Å². The van der Waals surface area contributed by atoms with E-state index in [1.807, 2.05) is 0 Å². The van der Waals surface area contributed by atoms with Crippen LogP contribution in [0.5, 0.6) is 0 Å². The number of nitro benzene ring substituents is 1. The van der Waals surface area contributed by atoms with Crippen LogP contribution >= 0.6 is 50.9 Å². The number of halogens is 3. The lowest BCUT2D eigenvalue weighted by Crippen LogP contribution is -2.27. The van der Waals surface area contributed by atoms with Gasteiger partial charge in [-0.05, 0) is 57.5 Å². The van der Waals surface area contributed by atoms with Crippen LogP contribution in [-0.4, -0.2) is 21.0 Å². The Kier molecular flexibility index (Phi) is 5.90. The molecule has 1 heterocycles. The van der Waals surface area contributed by atoms with Gasteiger partial charge in [0.25, 0.3) is 16.8 Å². The molecule has 3 rings (SSSR count). The zero-order chi connectivity index (χ0) is 19.7. The molecular weight excluding hydrogens is 479 g/mol. The minimum absolute atomic E-state index is 0.0546. The summed E-state index contributed by atoms with van der Waals surface area (Å²) in [6.45, 7) is -0.0546. The SMILES string of the molecule is O=C1S/C(=C\c2ccc(Br)c([N+](=O)[O-])c2)C(=O)N1Cc1c(Cl)cccc1Cl. The van der Waals surface area contributed by atoms with Gasteiger partial charge in [-0.2, -0.15) is 0 Å². The van der Waals surface area contributed by atoms with Crippen molar-refractivity contribution in [2.24, 2.45) is 0 Å². The largest absolute Gasteiger partial charge is 0.293 e. The van der Waals surface area contributed by atoms with Crippen molar-refractivity contribution in [1.82, 2.24) is 4.90 Å². The topological polar surface area (TPSA) is 80.5 Å². The molecule has 0 saturated carbocycles. The molecule has 10 heteroatoms. The molecule has 2 aromatic carbocycles. The van der Waals surface area contributed by atoms with Gasteiger partial charge in [0.1, 0.15) is 0 Å². The van der Waals surface area contributed by atoms with Gasteiger partial charge in [-0.15, -0.1) is 0 Å². The normalized spacial score (nSPS) is 15.7. The van der Waals surface area contributed by atoms with Gasteiger partial charge >= 0.3 is 0 Å². The molecule has 138 valence electrons. The van der Waals surface area contributed by atoms with Gasteiger partial charge in [0.2, 0.25) is 0 Å². The number of rotatable bonds is 4. The Labute approximate surface area is 176 Å². The quantitative estimate of drug-likeness (QED) is 0.304. The van der Waals surface area contributed by atoms with E-state index in [0.717, 1.165) is 16.7 Å². The Balaban J connectivity index is 1.89. The summed E-state index contributed by atoms with van der Waals surface area (Å²) in [6, 6.07) is 9.36. The van der Waals surface area contributed by atoms with Crippen molar-refractivity contribution in [3.05, 3.63) is 77.1 Å². The van der Waals surface area contributed by atoms with Crippen LogP contribution in [-0.2, 0) is 11.3 Å². The lowest BCUT2D eigenvalue weighted by atomic mass is 10.1. The van der Waals surface area contributed by atoms with Gasteiger partial charge in [0, 0.05) is 21.7 Å². The molecule has 27 heavy (non-hydrogen) atoms. The maximum Gasteiger partial charge on any atom is 0.293 e. The van der Waals surface area contributed by atoms with Gasteiger partial charge in [-0.3, -0.25) is 24.6 Å². The molecule has 0 bridgehead atoms. The summed E-state index contributed by atoms with van der Waals surface area (Å²) in [6.07, 6.45) is 1.44. The molecule has 0 aromatic heterocycles. The third-order valence-electron chi connectivity index (χ3n) is 3.72. The van der Waals surface area contributed by atoms with Crippen LogP contribution in [0.25, 0.3) is 6.08 Å². The fraction of sp³-hybridized carbons (Fsp3) is 0.0588. The average molecular weight is 488 g/mol. The molecule has 0 spiro atoms. The maximum absolute atomic E-state index is 12.6. The first-order valence-electron chi connectivity index (χ1n) is 7.40. The Morgan fingerprint density at radius 3 is 2.48 bits per heavy atom. The summed E-state index contributed by atoms with van der Waals surface area (Å²) < 4.78 is 0.325. The standard InChI is InChI=1S/C17H9BrCl2N2O4S/c18-11-5-4-9(6-14(11)22(25)26)7-15-16(23)21(17(24)27-15)8-10-12(19)2-1-3-13(10)20/h1-7H,8H2/b15-7-. The second-order valence-corrected chi connectivity index (χ2v) is 8.10. The Morgan fingerprint density at radius 1 is 1.19 bits per heavy atom. The molecule has 0 unspecified atom stereocenters. The second-order valence-electron chi connectivity index (χ2n) is 5.44. The van der Waals surface area contributed by atoms with Crippen LogP contribution in [0.4, 0.5) is 10.5 Å².